The summed E-state index contributed by atoms with van der Waals surface area (Å²) >= 11 is 0. The predicted octanol–water partition coefficient (Wildman–Crippen LogP) is 4.09. The van der Waals surface area contributed by atoms with E-state index in [1.54, 1.807) is 6.07 Å². The molecule has 7 heteroatoms. The molecule has 170 valence electrons. The first-order valence-corrected chi connectivity index (χ1v) is 11.7. The Morgan fingerprint density at radius 2 is 2.06 bits per heavy atom. The van der Waals surface area contributed by atoms with Gasteiger partial charge in [0.15, 0.2) is 5.82 Å². The number of halogens is 1. The molecule has 4 aromatic rings. The van der Waals surface area contributed by atoms with Gasteiger partial charge in [0.2, 0.25) is 0 Å². The Hall–Kier alpha value is -3.19. The minimum atomic E-state index is -0.201. The molecule has 6 rings (SSSR count). The van der Waals surface area contributed by atoms with Gasteiger partial charge in [0.05, 0.1) is 22.2 Å². The maximum Gasteiger partial charge on any atom is 0.254 e. The minimum Gasteiger partial charge on any atom is -0.337 e. The molecule has 0 bridgehead atoms. The van der Waals surface area contributed by atoms with Crippen LogP contribution in [0.15, 0.2) is 36.4 Å². The number of nitrogens with two attached hydrogens (primary N) is 1. The summed E-state index contributed by atoms with van der Waals surface area (Å²) in [5.74, 6) is 1.21. The summed E-state index contributed by atoms with van der Waals surface area (Å²) < 4.78 is 19.0. The molecule has 0 saturated heterocycles. The molecule has 1 atom stereocenters. The van der Waals surface area contributed by atoms with Gasteiger partial charge in [0.1, 0.15) is 5.82 Å². The Bertz CT molecular complexity index is 1410. The molecule has 6 nitrogen and oxygen atoms in total. The number of imidazole rings is 1. The third-order valence-corrected chi connectivity index (χ3v) is 7.02. The normalized spacial score (nSPS) is 17.2. The van der Waals surface area contributed by atoms with Gasteiger partial charge in [0, 0.05) is 43.7 Å². The molecule has 33 heavy (non-hydrogen) atoms. The van der Waals surface area contributed by atoms with E-state index in [-0.39, 0.29) is 17.8 Å². The Balaban J connectivity index is 1.50. The van der Waals surface area contributed by atoms with Crippen molar-refractivity contribution >= 4 is 27.8 Å². The summed E-state index contributed by atoms with van der Waals surface area (Å²) in [6.07, 6.45) is 3.17. The van der Waals surface area contributed by atoms with Crippen molar-refractivity contribution < 1.29 is 9.18 Å². The Labute approximate surface area is 191 Å². The lowest BCUT2D eigenvalue weighted by Crippen LogP contribution is -2.43. The highest BCUT2D eigenvalue weighted by Gasteiger charge is 2.28. The molecule has 2 aromatic carbocycles. The van der Waals surface area contributed by atoms with Gasteiger partial charge in [-0.3, -0.25) is 4.79 Å². The van der Waals surface area contributed by atoms with Crippen molar-refractivity contribution in [3.8, 4) is 11.5 Å². The topological polar surface area (TPSA) is 69.1 Å². The van der Waals surface area contributed by atoms with Crippen molar-refractivity contribution in [2.45, 2.75) is 38.8 Å². The second kappa shape index (κ2) is 7.42. The smallest absolute Gasteiger partial charge is 0.254 e. The van der Waals surface area contributed by atoms with Crippen molar-refractivity contribution in [1.82, 2.24) is 19.0 Å². The van der Waals surface area contributed by atoms with Crippen LogP contribution in [0.4, 0.5) is 4.39 Å². The molecule has 0 radical (unpaired) electrons. The van der Waals surface area contributed by atoms with E-state index in [4.69, 9.17) is 10.7 Å². The molecular formula is C26H28FN5O. The summed E-state index contributed by atoms with van der Waals surface area (Å²) in [5, 5.41) is 0.888. The first-order chi connectivity index (χ1) is 15.9. The van der Waals surface area contributed by atoms with Crippen molar-refractivity contribution in [2.75, 3.05) is 13.1 Å². The first-order valence-electron chi connectivity index (χ1n) is 11.7. The van der Waals surface area contributed by atoms with Crippen LogP contribution < -0.4 is 5.73 Å². The fourth-order valence-corrected chi connectivity index (χ4v) is 5.18. The van der Waals surface area contributed by atoms with Crippen LogP contribution >= 0.6 is 0 Å². The van der Waals surface area contributed by atoms with Gasteiger partial charge >= 0.3 is 0 Å². The Morgan fingerprint density at radius 3 is 2.82 bits per heavy atom. The zero-order valence-electron chi connectivity index (χ0n) is 19.0. The molecule has 2 N–H and O–H groups in total. The highest BCUT2D eigenvalue weighted by molar-refractivity contribution is 6.00. The summed E-state index contributed by atoms with van der Waals surface area (Å²) in [6.45, 7) is 3.94. The second-order valence-corrected chi connectivity index (χ2v) is 9.73. The molecule has 0 unspecified atom stereocenters. The highest BCUT2D eigenvalue weighted by atomic mass is 19.1. The van der Waals surface area contributed by atoms with Crippen molar-refractivity contribution in [1.29, 1.82) is 0 Å². The number of nitrogens with zero attached hydrogens (tertiary/aromatic N) is 4. The zero-order valence-corrected chi connectivity index (χ0v) is 19.0. The van der Waals surface area contributed by atoms with Crippen LogP contribution in [0, 0.1) is 11.7 Å². The zero-order chi connectivity index (χ0) is 22.9. The standard InChI is InChI=1S/C26H28FN5O/c1-15(28)13-31-9-8-17-10-22-21(12-19(17)26(31)33)29-25(30(22)2)23-11-18-4-3-5-20(27)24(18)32(23)14-16-6-7-16/h3-5,10-12,15-16H,6-9,13-14,28H2,1-2H3/t15-/m1/s1. The average molecular weight is 446 g/mol. The van der Waals surface area contributed by atoms with Gasteiger partial charge in [-0.25, -0.2) is 9.37 Å². The third-order valence-electron chi connectivity index (χ3n) is 7.02. The van der Waals surface area contributed by atoms with Crippen molar-refractivity contribution in [3.05, 3.63) is 53.3 Å². The van der Waals surface area contributed by atoms with Gasteiger partial charge < -0.3 is 19.8 Å². The minimum absolute atomic E-state index is 0.0209. The SMILES string of the molecule is C[C@@H](N)CN1CCc2cc3c(cc2C1=O)nc(-c1cc2cccc(F)c2n1CC1CC1)n3C. The molecule has 1 aliphatic heterocycles. The van der Waals surface area contributed by atoms with E-state index in [0.717, 1.165) is 46.5 Å². The number of carbonyl (C=O) groups excluding carboxylic acids is 1. The largest absolute Gasteiger partial charge is 0.337 e. The molecule has 0 spiro atoms. The second-order valence-electron chi connectivity index (χ2n) is 9.73. The van der Waals surface area contributed by atoms with E-state index < -0.39 is 0 Å². The number of hydrogen-bond donors (Lipinski definition) is 1. The average Bonchev–Trinajstić information content (AvgIpc) is 3.44. The van der Waals surface area contributed by atoms with Crippen molar-refractivity contribution in [2.24, 2.45) is 18.7 Å². The van der Waals surface area contributed by atoms with Crippen LogP contribution in [0.3, 0.4) is 0 Å². The number of aromatic nitrogens is 3. The van der Waals surface area contributed by atoms with Crippen LogP contribution in [0.1, 0.15) is 35.7 Å². The summed E-state index contributed by atoms with van der Waals surface area (Å²) in [5.41, 5.74) is 11.0. The van der Waals surface area contributed by atoms with Gasteiger partial charge in [-0.05, 0) is 61.9 Å². The molecule has 3 heterocycles. The van der Waals surface area contributed by atoms with E-state index in [9.17, 15) is 9.18 Å². The number of hydrogen-bond acceptors (Lipinski definition) is 3. The van der Waals surface area contributed by atoms with Gasteiger partial charge in [-0.1, -0.05) is 12.1 Å². The predicted molar refractivity (Wildman–Crippen MR) is 128 cm³/mol. The highest BCUT2D eigenvalue weighted by Crippen LogP contribution is 2.37. The monoisotopic (exact) mass is 445 g/mol. The fraction of sp³-hybridized carbons (Fsp3) is 0.385. The van der Waals surface area contributed by atoms with Crippen LogP contribution in [0.5, 0.6) is 0 Å². The van der Waals surface area contributed by atoms with Crippen LogP contribution in [-0.4, -0.2) is 44.1 Å². The lowest BCUT2D eigenvalue weighted by molar-refractivity contribution is 0.0732. The molecule has 1 saturated carbocycles. The fourth-order valence-electron chi connectivity index (χ4n) is 5.18. The van der Waals surface area contributed by atoms with Gasteiger partial charge in [-0.2, -0.15) is 0 Å². The first kappa shape index (κ1) is 20.4. The maximum atomic E-state index is 14.8. The quantitative estimate of drug-likeness (QED) is 0.503. The van der Waals surface area contributed by atoms with Crippen LogP contribution in [0.2, 0.25) is 0 Å². The number of aryl methyl sites for hydroxylation is 1. The molecule has 2 aliphatic rings. The van der Waals surface area contributed by atoms with Crippen molar-refractivity contribution in [3.63, 3.8) is 0 Å². The number of carbonyl (C=O) groups is 1. The summed E-state index contributed by atoms with van der Waals surface area (Å²) in [7, 11) is 2.00. The number of fused-ring (bicyclic) bond motifs is 3. The number of para-hydroxylation sites is 1. The van der Waals surface area contributed by atoms with E-state index in [2.05, 4.69) is 15.2 Å². The van der Waals surface area contributed by atoms with Crippen LogP contribution in [-0.2, 0) is 20.0 Å². The lowest BCUT2D eigenvalue weighted by atomic mass is 9.97. The Kier molecular flexibility index (Phi) is 4.59. The molecular weight excluding hydrogens is 417 g/mol. The van der Waals surface area contributed by atoms with E-state index in [1.807, 2.05) is 37.1 Å². The van der Waals surface area contributed by atoms with E-state index in [1.165, 1.54) is 18.9 Å². The summed E-state index contributed by atoms with van der Waals surface area (Å²) in [4.78, 5) is 19.9. The van der Waals surface area contributed by atoms with Crippen LogP contribution in [0.25, 0.3) is 33.5 Å². The maximum absolute atomic E-state index is 14.8. The molecule has 1 fully saturated rings. The molecule has 2 aromatic heterocycles. The Morgan fingerprint density at radius 1 is 1.24 bits per heavy atom. The number of rotatable bonds is 5. The lowest BCUT2D eigenvalue weighted by Gasteiger charge is -2.29. The third kappa shape index (κ3) is 3.33. The summed E-state index contributed by atoms with van der Waals surface area (Å²) in [6, 6.07) is 11.2. The molecule has 1 aliphatic carbocycles. The molecule has 1 amide bonds. The van der Waals surface area contributed by atoms with E-state index in [0.29, 0.717) is 30.1 Å². The number of benzene rings is 2. The number of amides is 1. The van der Waals surface area contributed by atoms with Gasteiger partial charge in [0.25, 0.3) is 5.91 Å². The van der Waals surface area contributed by atoms with E-state index >= 15 is 0 Å². The van der Waals surface area contributed by atoms with Gasteiger partial charge in [-0.15, -0.1) is 0 Å².